The van der Waals surface area contributed by atoms with Crippen LogP contribution in [0.4, 0.5) is 0 Å². The van der Waals surface area contributed by atoms with E-state index in [1.54, 1.807) is 13.8 Å². The molecular weight excluding hydrogens is 268 g/mol. The molecule has 0 aliphatic heterocycles. The summed E-state index contributed by atoms with van der Waals surface area (Å²) in [4.78, 5) is 11.7. The second kappa shape index (κ2) is 6.19. The van der Waals surface area contributed by atoms with Crippen molar-refractivity contribution in [3.63, 3.8) is 0 Å². The number of methoxy groups -OCH3 is 1. The molecule has 0 amide bonds. The number of carbonyl (C=O) groups is 1. The maximum absolute atomic E-state index is 12.3. The van der Waals surface area contributed by atoms with E-state index in [1.165, 1.54) is 7.11 Å². The normalized spacial score (nSPS) is 25.1. The van der Waals surface area contributed by atoms with E-state index in [4.69, 9.17) is 10.5 Å². The number of nitrogens with one attached hydrogen (secondary N) is 1. The third-order valence-electron chi connectivity index (χ3n) is 3.33. The van der Waals surface area contributed by atoms with Crippen molar-refractivity contribution < 1.29 is 17.9 Å². The third-order valence-corrected chi connectivity index (χ3v) is 5.24. The Kier molecular flexibility index (Phi) is 5.34. The Balaban J connectivity index is 2.81. The SMILES string of the molecule is COC(=O)C1CCCCC1S(=O)(=O)NCC(C)(C)N. The molecule has 0 aromatic heterocycles. The van der Waals surface area contributed by atoms with Gasteiger partial charge in [0.15, 0.2) is 0 Å². The molecule has 3 N–H and O–H groups in total. The van der Waals surface area contributed by atoms with Crippen molar-refractivity contribution in [3.8, 4) is 0 Å². The molecule has 19 heavy (non-hydrogen) atoms. The van der Waals surface area contributed by atoms with Crippen LogP contribution in [0.3, 0.4) is 0 Å². The van der Waals surface area contributed by atoms with E-state index in [-0.39, 0.29) is 6.54 Å². The number of ether oxygens (including phenoxy) is 1. The highest BCUT2D eigenvalue weighted by atomic mass is 32.2. The van der Waals surface area contributed by atoms with E-state index in [1.807, 2.05) is 0 Å². The largest absolute Gasteiger partial charge is 0.469 e. The fourth-order valence-corrected chi connectivity index (χ4v) is 4.23. The van der Waals surface area contributed by atoms with Gasteiger partial charge in [0.2, 0.25) is 10.0 Å². The highest BCUT2D eigenvalue weighted by molar-refractivity contribution is 7.90. The molecule has 6 nitrogen and oxygen atoms in total. The summed E-state index contributed by atoms with van der Waals surface area (Å²) in [5.41, 5.74) is 5.15. The highest BCUT2D eigenvalue weighted by Gasteiger charge is 2.40. The van der Waals surface area contributed by atoms with Crippen LogP contribution in [0.25, 0.3) is 0 Å². The number of hydrogen-bond donors (Lipinski definition) is 2. The smallest absolute Gasteiger partial charge is 0.310 e. The number of nitrogens with two attached hydrogens (primary N) is 1. The molecule has 112 valence electrons. The van der Waals surface area contributed by atoms with Gasteiger partial charge in [-0.2, -0.15) is 0 Å². The molecular formula is C12H24N2O4S. The molecule has 1 aliphatic rings. The van der Waals surface area contributed by atoms with Gasteiger partial charge >= 0.3 is 5.97 Å². The minimum absolute atomic E-state index is 0.153. The molecule has 0 saturated heterocycles. The highest BCUT2D eigenvalue weighted by Crippen LogP contribution is 2.30. The summed E-state index contributed by atoms with van der Waals surface area (Å²) >= 11 is 0. The average Bonchev–Trinajstić information content (AvgIpc) is 2.35. The molecule has 0 bridgehead atoms. The van der Waals surface area contributed by atoms with Gasteiger partial charge in [-0.15, -0.1) is 0 Å². The van der Waals surface area contributed by atoms with Crippen molar-refractivity contribution >= 4 is 16.0 Å². The van der Waals surface area contributed by atoms with Crippen LogP contribution in [0.1, 0.15) is 39.5 Å². The van der Waals surface area contributed by atoms with E-state index in [2.05, 4.69) is 4.72 Å². The van der Waals surface area contributed by atoms with E-state index < -0.39 is 32.7 Å². The lowest BCUT2D eigenvalue weighted by atomic mass is 9.89. The lowest BCUT2D eigenvalue weighted by Gasteiger charge is -2.30. The van der Waals surface area contributed by atoms with Crippen LogP contribution in [0.2, 0.25) is 0 Å². The standard InChI is InChI=1S/C12H24N2O4S/c1-12(2,13)8-14-19(16,17)10-7-5-4-6-9(10)11(15)18-3/h9-10,14H,4-8,13H2,1-3H3. The van der Waals surface area contributed by atoms with E-state index in [0.29, 0.717) is 12.8 Å². The summed E-state index contributed by atoms with van der Waals surface area (Å²) in [6, 6.07) is 0. The molecule has 0 heterocycles. The Morgan fingerprint density at radius 2 is 1.95 bits per heavy atom. The van der Waals surface area contributed by atoms with Crippen LogP contribution in [0.5, 0.6) is 0 Å². The minimum atomic E-state index is -3.55. The van der Waals surface area contributed by atoms with Gasteiger partial charge in [0.1, 0.15) is 0 Å². The monoisotopic (exact) mass is 292 g/mol. The molecule has 2 atom stereocenters. The maximum Gasteiger partial charge on any atom is 0.310 e. The van der Waals surface area contributed by atoms with Crippen LogP contribution in [-0.2, 0) is 19.6 Å². The number of sulfonamides is 1. The van der Waals surface area contributed by atoms with Crippen molar-refractivity contribution in [2.45, 2.75) is 50.3 Å². The number of hydrogen-bond acceptors (Lipinski definition) is 5. The lowest BCUT2D eigenvalue weighted by Crippen LogP contribution is -2.50. The van der Waals surface area contributed by atoms with Gasteiger partial charge in [-0.1, -0.05) is 12.8 Å². The summed E-state index contributed by atoms with van der Waals surface area (Å²) in [6.45, 7) is 3.64. The first-order chi connectivity index (χ1) is 8.67. The molecule has 1 fully saturated rings. The number of carbonyl (C=O) groups excluding carboxylic acids is 1. The van der Waals surface area contributed by atoms with Crippen LogP contribution < -0.4 is 10.5 Å². The molecule has 2 unspecified atom stereocenters. The Morgan fingerprint density at radius 1 is 1.37 bits per heavy atom. The number of esters is 1. The second-order valence-corrected chi connectivity index (χ2v) is 7.79. The maximum atomic E-state index is 12.3. The Bertz CT molecular complexity index is 414. The summed E-state index contributed by atoms with van der Waals surface area (Å²) in [5, 5.41) is -0.712. The zero-order valence-corrected chi connectivity index (χ0v) is 12.6. The molecule has 7 heteroatoms. The molecule has 0 spiro atoms. The van der Waals surface area contributed by atoms with Crippen molar-refractivity contribution in [2.75, 3.05) is 13.7 Å². The van der Waals surface area contributed by atoms with Crippen LogP contribution in [-0.4, -0.2) is 38.8 Å². The van der Waals surface area contributed by atoms with Crippen molar-refractivity contribution in [3.05, 3.63) is 0 Å². The first-order valence-corrected chi connectivity index (χ1v) is 8.07. The topological polar surface area (TPSA) is 98.5 Å². The Labute approximate surface area is 115 Å². The molecule has 0 aromatic rings. The fourth-order valence-electron chi connectivity index (χ4n) is 2.28. The first kappa shape index (κ1) is 16.4. The van der Waals surface area contributed by atoms with Gasteiger partial charge in [-0.3, -0.25) is 4.79 Å². The predicted molar refractivity (Wildman–Crippen MR) is 73.0 cm³/mol. The summed E-state index contributed by atoms with van der Waals surface area (Å²) in [6.07, 6.45) is 2.71. The Hall–Kier alpha value is -0.660. The summed E-state index contributed by atoms with van der Waals surface area (Å²) < 4.78 is 31.8. The van der Waals surface area contributed by atoms with Gasteiger partial charge in [-0.05, 0) is 26.7 Å². The quantitative estimate of drug-likeness (QED) is 0.714. The Morgan fingerprint density at radius 3 is 2.47 bits per heavy atom. The van der Waals surface area contributed by atoms with Gasteiger partial charge in [-0.25, -0.2) is 13.1 Å². The second-order valence-electron chi connectivity index (χ2n) is 5.81. The fraction of sp³-hybridized carbons (Fsp3) is 0.917. The molecule has 1 aliphatic carbocycles. The zero-order chi connectivity index (χ0) is 14.7. The summed E-state index contributed by atoms with van der Waals surface area (Å²) in [5.74, 6) is -1.01. The van der Waals surface area contributed by atoms with Crippen LogP contribution in [0.15, 0.2) is 0 Å². The predicted octanol–water partition coefficient (Wildman–Crippen LogP) is 0.375. The molecule has 0 aromatic carbocycles. The van der Waals surface area contributed by atoms with Crippen molar-refractivity contribution in [1.29, 1.82) is 0 Å². The van der Waals surface area contributed by atoms with E-state index in [0.717, 1.165) is 12.8 Å². The molecule has 1 saturated carbocycles. The van der Waals surface area contributed by atoms with E-state index in [9.17, 15) is 13.2 Å². The van der Waals surface area contributed by atoms with Gasteiger partial charge < -0.3 is 10.5 Å². The van der Waals surface area contributed by atoms with Crippen molar-refractivity contribution in [2.24, 2.45) is 11.7 Å². The van der Waals surface area contributed by atoms with E-state index >= 15 is 0 Å². The van der Waals surface area contributed by atoms with Gasteiger partial charge in [0, 0.05) is 12.1 Å². The third kappa shape index (κ3) is 4.74. The van der Waals surface area contributed by atoms with Gasteiger partial charge in [0.25, 0.3) is 0 Å². The zero-order valence-electron chi connectivity index (χ0n) is 11.8. The van der Waals surface area contributed by atoms with Crippen LogP contribution in [0, 0.1) is 5.92 Å². The first-order valence-electron chi connectivity index (χ1n) is 6.52. The summed E-state index contributed by atoms with van der Waals surface area (Å²) in [7, 11) is -2.26. The van der Waals surface area contributed by atoms with Crippen LogP contribution >= 0.6 is 0 Å². The lowest BCUT2D eigenvalue weighted by molar-refractivity contribution is -0.146. The molecule has 1 rings (SSSR count). The van der Waals surface area contributed by atoms with Gasteiger partial charge in [0.05, 0.1) is 18.3 Å². The minimum Gasteiger partial charge on any atom is -0.469 e. The molecule has 0 radical (unpaired) electrons. The van der Waals surface area contributed by atoms with Crippen molar-refractivity contribution in [1.82, 2.24) is 4.72 Å². The average molecular weight is 292 g/mol. The number of rotatable bonds is 5.